The normalized spacial score (nSPS) is 35.5. The Bertz CT molecular complexity index is 482. The lowest BCUT2D eigenvalue weighted by Gasteiger charge is -2.27. The second-order valence-electron chi connectivity index (χ2n) is 7.65. The lowest BCUT2D eigenvalue weighted by molar-refractivity contribution is 0.0133. The summed E-state index contributed by atoms with van der Waals surface area (Å²) in [5, 5.41) is 0. The van der Waals surface area contributed by atoms with Crippen LogP contribution in [0.1, 0.15) is 44.6 Å². The highest BCUT2D eigenvalue weighted by Crippen LogP contribution is 2.55. The maximum absolute atomic E-state index is 6.23. The van der Waals surface area contributed by atoms with Gasteiger partial charge in [0.1, 0.15) is 0 Å². The highest BCUT2D eigenvalue weighted by molar-refractivity contribution is 5.17. The minimum atomic E-state index is 0.575. The first-order chi connectivity index (χ1) is 10.8. The van der Waals surface area contributed by atoms with E-state index in [-0.39, 0.29) is 0 Å². The van der Waals surface area contributed by atoms with Crippen LogP contribution >= 0.6 is 0 Å². The van der Waals surface area contributed by atoms with Crippen molar-refractivity contribution in [3.05, 3.63) is 35.9 Å². The van der Waals surface area contributed by atoms with Gasteiger partial charge in [0.05, 0.1) is 12.7 Å². The molecule has 0 aromatic heterocycles. The largest absolute Gasteiger partial charge is 0.378 e. The van der Waals surface area contributed by atoms with E-state index in [4.69, 9.17) is 4.74 Å². The smallest absolute Gasteiger partial charge is 0.0575 e. The van der Waals surface area contributed by atoms with Crippen molar-refractivity contribution in [2.24, 2.45) is 17.8 Å². The molecule has 4 unspecified atom stereocenters. The van der Waals surface area contributed by atoms with Crippen LogP contribution in [0.3, 0.4) is 0 Å². The minimum absolute atomic E-state index is 0.575. The molecule has 1 aromatic rings. The molecule has 22 heavy (non-hydrogen) atoms. The van der Waals surface area contributed by atoms with E-state index in [2.05, 4.69) is 42.2 Å². The number of hydrogen-bond acceptors (Lipinski definition) is 2. The average molecular weight is 299 g/mol. The van der Waals surface area contributed by atoms with Crippen LogP contribution in [-0.4, -0.2) is 30.2 Å². The highest BCUT2D eigenvalue weighted by atomic mass is 16.5. The van der Waals surface area contributed by atoms with Crippen LogP contribution in [0, 0.1) is 17.8 Å². The fourth-order valence-electron chi connectivity index (χ4n) is 4.87. The Morgan fingerprint density at radius 1 is 1.09 bits per heavy atom. The zero-order chi connectivity index (χ0) is 14.9. The van der Waals surface area contributed by atoms with Gasteiger partial charge in [-0.15, -0.1) is 0 Å². The molecule has 0 amide bonds. The van der Waals surface area contributed by atoms with Gasteiger partial charge in [0.25, 0.3) is 0 Å². The Hall–Kier alpha value is -0.860. The number of hydrogen-bond donors (Lipinski definition) is 0. The molecule has 1 aromatic carbocycles. The Labute approximate surface area is 134 Å². The van der Waals surface area contributed by atoms with Crippen molar-refractivity contribution in [3.63, 3.8) is 0 Å². The molecule has 0 radical (unpaired) electrons. The van der Waals surface area contributed by atoms with Gasteiger partial charge in [0.15, 0.2) is 0 Å². The zero-order valence-corrected chi connectivity index (χ0v) is 13.8. The van der Waals surface area contributed by atoms with Gasteiger partial charge in [0.2, 0.25) is 0 Å². The monoisotopic (exact) mass is 299 g/mol. The predicted octanol–water partition coefficient (Wildman–Crippen LogP) is 4.10. The van der Waals surface area contributed by atoms with Crippen LogP contribution in [0.4, 0.5) is 0 Å². The van der Waals surface area contributed by atoms with E-state index in [1.54, 1.807) is 0 Å². The van der Waals surface area contributed by atoms with Crippen LogP contribution in [0.15, 0.2) is 30.3 Å². The molecule has 2 heteroatoms. The van der Waals surface area contributed by atoms with Crippen LogP contribution in [0.25, 0.3) is 0 Å². The third-order valence-corrected chi connectivity index (χ3v) is 6.28. The van der Waals surface area contributed by atoms with Crippen LogP contribution in [0.2, 0.25) is 0 Å². The van der Waals surface area contributed by atoms with E-state index in [0.29, 0.717) is 6.10 Å². The van der Waals surface area contributed by atoms with E-state index in [0.717, 1.165) is 36.9 Å². The van der Waals surface area contributed by atoms with Crippen molar-refractivity contribution in [3.8, 4) is 0 Å². The molecular formula is C20H29NO. The third-order valence-electron chi connectivity index (χ3n) is 6.28. The molecule has 3 fully saturated rings. The van der Waals surface area contributed by atoms with Crippen molar-refractivity contribution in [1.82, 2.24) is 4.90 Å². The molecule has 3 aliphatic rings. The standard InChI is InChI=1S/C20H29NO/c1-15-20-18(13-21(15)12-16-8-4-2-5-9-16)19(20)14-22-17-10-6-3-7-11-17/h2,4-5,8-9,15,17-20H,3,6-7,10-14H2,1H3. The van der Waals surface area contributed by atoms with Crippen molar-refractivity contribution in [2.45, 2.75) is 57.7 Å². The molecule has 4 atom stereocenters. The van der Waals surface area contributed by atoms with Gasteiger partial charge >= 0.3 is 0 Å². The van der Waals surface area contributed by atoms with Crippen LogP contribution in [-0.2, 0) is 11.3 Å². The first kappa shape index (κ1) is 14.7. The summed E-state index contributed by atoms with van der Waals surface area (Å²) in [6.07, 6.45) is 7.35. The lowest BCUT2D eigenvalue weighted by atomic mass is 9.98. The van der Waals surface area contributed by atoms with Crippen molar-refractivity contribution < 1.29 is 4.74 Å². The van der Waals surface area contributed by atoms with Crippen molar-refractivity contribution in [1.29, 1.82) is 0 Å². The molecule has 0 bridgehead atoms. The van der Waals surface area contributed by atoms with Crippen molar-refractivity contribution >= 4 is 0 Å². The first-order valence-electron chi connectivity index (χ1n) is 9.22. The Morgan fingerprint density at radius 3 is 2.55 bits per heavy atom. The maximum atomic E-state index is 6.23. The average Bonchev–Trinajstić information content (AvgIpc) is 3.16. The number of piperidine rings is 1. The molecule has 2 nitrogen and oxygen atoms in total. The minimum Gasteiger partial charge on any atom is -0.378 e. The molecule has 1 heterocycles. The summed E-state index contributed by atoms with van der Waals surface area (Å²) >= 11 is 0. The fraction of sp³-hybridized carbons (Fsp3) is 0.700. The molecule has 4 rings (SSSR count). The summed E-state index contributed by atoms with van der Waals surface area (Å²) < 4.78 is 6.23. The van der Waals surface area contributed by atoms with E-state index in [9.17, 15) is 0 Å². The summed E-state index contributed by atoms with van der Waals surface area (Å²) in [4.78, 5) is 2.67. The third kappa shape index (κ3) is 2.96. The number of rotatable bonds is 5. The number of benzene rings is 1. The molecule has 0 spiro atoms. The topological polar surface area (TPSA) is 12.5 Å². The summed E-state index contributed by atoms with van der Waals surface area (Å²) in [7, 11) is 0. The van der Waals surface area contributed by atoms with Gasteiger partial charge in [-0.3, -0.25) is 4.90 Å². The lowest BCUT2D eigenvalue weighted by Crippen LogP contribution is -2.32. The first-order valence-corrected chi connectivity index (χ1v) is 9.22. The van der Waals surface area contributed by atoms with Gasteiger partial charge in [-0.2, -0.15) is 0 Å². The molecule has 2 aliphatic carbocycles. The fourth-order valence-corrected chi connectivity index (χ4v) is 4.87. The van der Waals surface area contributed by atoms with Gasteiger partial charge in [0, 0.05) is 19.1 Å². The number of likely N-dealkylation sites (tertiary alicyclic amines) is 1. The number of nitrogens with zero attached hydrogens (tertiary/aromatic N) is 1. The number of fused-ring (bicyclic) bond motifs is 1. The number of ether oxygens (including phenoxy) is 1. The molecular weight excluding hydrogens is 270 g/mol. The van der Waals surface area contributed by atoms with Crippen LogP contribution < -0.4 is 0 Å². The van der Waals surface area contributed by atoms with Gasteiger partial charge in [-0.05, 0) is 43.1 Å². The molecule has 1 saturated heterocycles. The maximum Gasteiger partial charge on any atom is 0.0575 e. The summed E-state index contributed by atoms with van der Waals surface area (Å²) in [5.74, 6) is 2.65. The van der Waals surface area contributed by atoms with E-state index in [1.165, 1.54) is 44.2 Å². The van der Waals surface area contributed by atoms with E-state index < -0.39 is 0 Å². The van der Waals surface area contributed by atoms with Gasteiger partial charge in [-0.1, -0.05) is 49.6 Å². The molecule has 120 valence electrons. The summed E-state index contributed by atoms with van der Waals surface area (Å²) in [6, 6.07) is 11.6. The Kier molecular flexibility index (Phi) is 4.23. The second kappa shape index (κ2) is 6.33. The van der Waals surface area contributed by atoms with E-state index in [1.807, 2.05) is 0 Å². The summed E-state index contributed by atoms with van der Waals surface area (Å²) in [6.45, 7) is 5.85. The summed E-state index contributed by atoms with van der Waals surface area (Å²) in [5.41, 5.74) is 1.45. The molecule has 0 N–H and O–H groups in total. The quantitative estimate of drug-likeness (QED) is 0.811. The molecule has 1 aliphatic heterocycles. The van der Waals surface area contributed by atoms with Crippen molar-refractivity contribution in [2.75, 3.05) is 13.2 Å². The highest BCUT2D eigenvalue weighted by Gasteiger charge is 2.59. The Morgan fingerprint density at radius 2 is 1.86 bits per heavy atom. The zero-order valence-electron chi connectivity index (χ0n) is 13.8. The second-order valence-corrected chi connectivity index (χ2v) is 7.65. The van der Waals surface area contributed by atoms with E-state index >= 15 is 0 Å². The van der Waals surface area contributed by atoms with Crippen LogP contribution in [0.5, 0.6) is 0 Å². The van der Waals surface area contributed by atoms with Gasteiger partial charge in [-0.25, -0.2) is 0 Å². The predicted molar refractivity (Wildman–Crippen MR) is 89.6 cm³/mol. The SMILES string of the molecule is CC1C2C(COC3CCCCC3)C2CN1Cc1ccccc1. The Balaban J connectivity index is 1.24. The van der Waals surface area contributed by atoms with Gasteiger partial charge < -0.3 is 4.74 Å². The molecule has 2 saturated carbocycles.